The van der Waals surface area contributed by atoms with Gasteiger partial charge in [0.2, 0.25) is 0 Å². The van der Waals surface area contributed by atoms with Crippen molar-refractivity contribution in [3.05, 3.63) is 22.8 Å². The summed E-state index contributed by atoms with van der Waals surface area (Å²) in [7, 11) is 0. The summed E-state index contributed by atoms with van der Waals surface area (Å²) < 4.78 is 0. The van der Waals surface area contributed by atoms with Crippen molar-refractivity contribution in [2.75, 3.05) is 11.4 Å². The Morgan fingerprint density at radius 3 is 2.75 bits per heavy atom. The normalized spacial score (nSPS) is 14.8. The summed E-state index contributed by atoms with van der Waals surface area (Å²) in [5.74, 6) is 0.968. The Balaban J connectivity index is 2.06. The van der Waals surface area contributed by atoms with E-state index in [4.69, 9.17) is 11.6 Å². The first-order valence-electron chi connectivity index (χ1n) is 7.76. The molecule has 0 aromatic carbocycles. The van der Waals surface area contributed by atoms with Gasteiger partial charge in [0.15, 0.2) is 0 Å². The van der Waals surface area contributed by atoms with Gasteiger partial charge >= 0.3 is 0 Å². The molecule has 2 rings (SSSR count). The predicted octanol–water partition coefficient (Wildman–Crippen LogP) is 4.00. The summed E-state index contributed by atoms with van der Waals surface area (Å²) in [6.45, 7) is 8.40. The minimum absolute atomic E-state index is 0.473. The van der Waals surface area contributed by atoms with Gasteiger partial charge in [-0.25, -0.2) is 4.98 Å². The van der Waals surface area contributed by atoms with Gasteiger partial charge in [0, 0.05) is 31.4 Å². The lowest BCUT2D eigenvalue weighted by atomic mass is 10.2. The van der Waals surface area contributed by atoms with E-state index in [0.29, 0.717) is 12.1 Å². The van der Waals surface area contributed by atoms with Crippen LogP contribution in [0.3, 0.4) is 0 Å². The van der Waals surface area contributed by atoms with Gasteiger partial charge < -0.3 is 10.2 Å². The van der Waals surface area contributed by atoms with E-state index in [9.17, 15) is 0 Å². The van der Waals surface area contributed by atoms with Crippen LogP contribution < -0.4 is 10.2 Å². The monoisotopic (exact) mass is 295 g/mol. The minimum Gasteiger partial charge on any atom is -0.352 e. The molecule has 0 radical (unpaired) electrons. The van der Waals surface area contributed by atoms with Crippen LogP contribution in [0.1, 0.15) is 52.0 Å². The molecule has 0 unspecified atom stereocenters. The van der Waals surface area contributed by atoms with Gasteiger partial charge in [-0.1, -0.05) is 38.8 Å². The Labute approximate surface area is 127 Å². The van der Waals surface area contributed by atoms with Crippen molar-refractivity contribution in [1.82, 2.24) is 10.3 Å². The third-order valence-electron chi connectivity index (χ3n) is 3.61. The number of hydrogen-bond donors (Lipinski definition) is 1. The third kappa shape index (κ3) is 4.35. The highest BCUT2D eigenvalue weighted by Gasteiger charge is 2.30. The van der Waals surface area contributed by atoms with Crippen LogP contribution in [0.25, 0.3) is 0 Å². The smallest absolute Gasteiger partial charge is 0.147 e. The number of anilines is 1. The van der Waals surface area contributed by atoms with E-state index < -0.39 is 0 Å². The van der Waals surface area contributed by atoms with Crippen LogP contribution in [0.4, 0.5) is 5.82 Å². The largest absolute Gasteiger partial charge is 0.352 e. The summed E-state index contributed by atoms with van der Waals surface area (Å²) >= 11 is 6.46. The van der Waals surface area contributed by atoms with Gasteiger partial charge in [0.05, 0.1) is 5.02 Å². The van der Waals surface area contributed by atoms with E-state index in [1.54, 1.807) is 0 Å². The van der Waals surface area contributed by atoms with Gasteiger partial charge in [-0.2, -0.15) is 0 Å². The average Bonchev–Trinajstić information content (AvgIpc) is 3.23. The van der Waals surface area contributed by atoms with E-state index in [0.717, 1.165) is 29.5 Å². The van der Waals surface area contributed by atoms with Crippen LogP contribution in [0.15, 0.2) is 12.3 Å². The van der Waals surface area contributed by atoms with Crippen molar-refractivity contribution in [2.24, 2.45) is 0 Å². The number of aromatic nitrogens is 1. The summed E-state index contributed by atoms with van der Waals surface area (Å²) in [6.07, 6.45) is 6.91. The standard InChI is InChI=1S/C16H26ClN3/c1-4-5-8-20(14-6-7-14)16-15(17)9-13(11-19-16)10-18-12(2)3/h9,11-12,14,18H,4-8,10H2,1-3H3. The second kappa shape index (κ2) is 7.28. The zero-order valence-electron chi connectivity index (χ0n) is 12.8. The van der Waals surface area contributed by atoms with Crippen LogP contribution >= 0.6 is 11.6 Å². The van der Waals surface area contributed by atoms with Gasteiger partial charge in [-0.15, -0.1) is 0 Å². The molecular weight excluding hydrogens is 270 g/mol. The lowest BCUT2D eigenvalue weighted by Gasteiger charge is -2.24. The van der Waals surface area contributed by atoms with Crippen molar-refractivity contribution in [3.8, 4) is 0 Å². The second-order valence-electron chi connectivity index (χ2n) is 5.96. The summed E-state index contributed by atoms with van der Waals surface area (Å²) in [4.78, 5) is 7.02. The summed E-state index contributed by atoms with van der Waals surface area (Å²) in [6, 6.07) is 3.19. The summed E-state index contributed by atoms with van der Waals surface area (Å²) in [5, 5.41) is 4.18. The van der Waals surface area contributed by atoms with E-state index in [-0.39, 0.29) is 0 Å². The highest BCUT2D eigenvalue weighted by molar-refractivity contribution is 6.33. The van der Waals surface area contributed by atoms with Crippen LogP contribution in [0.5, 0.6) is 0 Å². The first kappa shape index (κ1) is 15.6. The molecule has 1 N–H and O–H groups in total. The molecule has 4 heteroatoms. The van der Waals surface area contributed by atoms with Crippen molar-refractivity contribution in [3.63, 3.8) is 0 Å². The number of unbranched alkanes of at least 4 members (excludes halogenated alkanes) is 1. The highest BCUT2D eigenvalue weighted by Crippen LogP contribution is 2.34. The van der Waals surface area contributed by atoms with Crippen molar-refractivity contribution in [2.45, 2.75) is 65.1 Å². The predicted molar refractivity (Wildman–Crippen MR) is 86.5 cm³/mol. The molecule has 0 saturated heterocycles. The molecule has 0 atom stereocenters. The lowest BCUT2D eigenvalue weighted by molar-refractivity contribution is 0.588. The molecule has 1 aromatic heterocycles. The van der Waals surface area contributed by atoms with Crippen LogP contribution in [-0.2, 0) is 6.54 Å². The number of nitrogens with one attached hydrogen (secondary N) is 1. The molecule has 0 aliphatic heterocycles. The topological polar surface area (TPSA) is 28.2 Å². The third-order valence-corrected chi connectivity index (χ3v) is 3.88. The number of rotatable bonds is 8. The molecular formula is C16H26ClN3. The number of hydrogen-bond acceptors (Lipinski definition) is 3. The molecule has 1 saturated carbocycles. The fraction of sp³-hybridized carbons (Fsp3) is 0.688. The molecule has 3 nitrogen and oxygen atoms in total. The molecule has 1 aliphatic carbocycles. The van der Waals surface area contributed by atoms with Gasteiger partial charge in [-0.05, 0) is 30.9 Å². The minimum atomic E-state index is 0.473. The second-order valence-corrected chi connectivity index (χ2v) is 6.37. The Hall–Kier alpha value is -0.800. The molecule has 1 aliphatic rings. The first-order valence-corrected chi connectivity index (χ1v) is 8.14. The number of halogens is 1. The lowest BCUT2D eigenvalue weighted by Crippen LogP contribution is -2.28. The van der Waals surface area contributed by atoms with Gasteiger partial charge in [-0.3, -0.25) is 0 Å². The Kier molecular flexibility index (Phi) is 5.67. The van der Waals surface area contributed by atoms with Gasteiger partial charge in [0.1, 0.15) is 5.82 Å². The molecule has 0 bridgehead atoms. The number of pyridine rings is 1. The maximum absolute atomic E-state index is 6.46. The van der Waals surface area contributed by atoms with Gasteiger partial charge in [0.25, 0.3) is 0 Å². The highest BCUT2D eigenvalue weighted by atomic mass is 35.5. The van der Waals surface area contributed by atoms with Crippen molar-refractivity contribution < 1.29 is 0 Å². The van der Waals surface area contributed by atoms with Crippen molar-refractivity contribution in [1.29, 1.82) is 0 Å². The molecule has 1 aromatic rings. The zero-order valence-corrected chi connectivity index (χ0v) is 13.6. The fourth-order valence-corrected chi connectivity index (χ4v) is 2.57. The maximum Gasteiger partial charge on any atom is 0.147 e. The molecule has 1 heterocycles. The zero-order chi connectivity index (χ0) is 14.5. The van der Waals surface area contributed by atoms with Crippen LogP contribution in [-0.4, -0.2) is 23.6 Å². The molecule has 112 valence electrons. The van der Waals surface area contributed by atoms with E-state index >= 15 is 0 Å². The quantitative estimate of drug-likeness (QED) is 0.785. The fourth-order valence-electron chi connectivity index (χ4n) is 2.28. The summed E-state index contributed by atoms with van der Waals surface area (Å²) in [5.41, 5.74) is 1.15. The van der Waals surface area contributed by atoms with E-state index in [1.807, 2.05) is 6.20 Å². The van der Waals surface area contributed by atoms with Crippen molar-refractivity contribution >= 4 is 17.4 Å². The van der Waals surface area contributed by atoms with E-state index in [1.165, 1.54) is 25.7 Å². The number of nitrogens with zero attached hydrogens (tertiary/aromatic N) is 2. The Morgan fingerprint density at radius 1 is 1.45 bits per heavy atom. The average molecular weight is 296 g/mol. The Bertz CT molecular complexity index is 430. The van der Waals surface area contributed by atoms with E-state index in [2.05, 4.69) is 42.0 Å². The maximum atomic E-state index is 6.46. The molecule has 0 spiro atoms. The SMILES string of the molecule is CCCCN(c1ncc(CNC(C)C)cc1Cl)C1CC1. The molecule has 1 fully saturated rings. The molecule has 0 amide bonds. The molecule has 20 heavy (non-hydrogen) atoms. The van der Waals surface area contributed by atoms with Crippen LogP contribution in [0, 0.1) is 0 Å². The Morgan fingerprint density at radius 2 is 2.20 bits per heavy atom. The van der Waals surface area contributed by atoms with Crippen LogP contribution in [0.2, 0.25) is 5.02 Å². The first-order chi connectivity index (χ1) is 9.61.